The number of carbonyl (C=O) groups excluding carboxylic acids is 1. The molecular formula is C24H26N4O4S. The van der Waals surface area contributed by atoms with E-state index in [2.05, 4.69) is 9.97 Å². The first kappa shape index (κ1) is 22.8. The number of aromatic nitrogens is 2. The number of nitrogens with zero attached hydrogens (tertiary/aromatic N) is 3. The molecule has 1 fully saturated rings. The van der Waals surface area contributed by atoms with E-state index in [0.717, 1.165) is 29.0 Å². The molecule has 1 amide bonds. The molecule has 0 aliphatic carbocycles. The van der Waals surface area contributed by atoms with E-state index in [1.54, 1.807) is 23.2 Å². The largest absolute Gasteiger partial charge is 0.444 e. The number of H-pyrrole nitrogens is 1. The number of carbonyl (C=O) groups is 1. The first-order valence-corrected chi connectivity index (χ1v) is 11.6. The Hall–Kier alpha value is -3.33. The SMILES string of the molecule is CC(C)(C)OC(=O)N1CCC[C@H]1c1ncc(-c2ccc([N+](=O)[O-])c(Sc3ccccc3)c2)[nH]1. The second-order valence-electron chi connectivity index (χ2n) is 8.87. The summed E-state index contributed by atoms with van der Waals surface area (Å²) in [6, 6.07) is 14.4. The number of benzene rings is 2. The summed E-state index contributed by atoms with van der Waals surface area (Å²) < 4.78 is 5.55. The molecule has 2 aromatic carbocycles. The Morgan fingerprint density at radius 1 is 1.24 bits per heavy atom. The maximum absolute atomic E-state index is 12.6. The molecule has 33 heavy (non-hydrogen) atoms. The minimum Gasteiger partial charge on any atom is -0.444 e. The highest BCUT2D eigenvalue weighted by molar-refractivity contribution is 7.99. The molecular weight excluding hydrogens is 440 g/mol. The van der Waals surface area contributed by atoms with E-state index in [4.69, 9.17) is 4.74 Å². The van der Waals surface area contributed by atoms with Gasteiger partial charge in [0.25, 0.3) is 5.69 Å². The Bertz CT molecular complexity index is 1160. The van der Waals surface area contributed by atoms with Crippen LogP contribution >= 0.6 is 11.8 Å². The maximum Gasteiger partial charge on any atom is 0.410 e. The van der Waals surface area contributed by atoms with Gasteiger partial charge in [-0.3, -0.25) is 15.0 Å². The predicted octanol–water partition coefficient (Wildman–Crippen LogP) is 6.21. The monoisotopic (exact) mass is 466 g/mol. The lowest BCUT2D eigenvalue weighted by Crippen LogP contribution is -2.36. The second-order valence-corrected chi connectivity index (χ2v) is 9.98. The summed E-state index contributed by atoms with van der Waals surface area (Å²) in [7, 11) is 0. The third-order valence-corrected chi connectivity index (χ3v) is 6.29. The molecule has 2 heterocycles. The number of likely N-dealkylation sites (tertiary alicyclic amines) is 1. The molecule has 3 aromatic rings. The zero-order chi connectivity index (χ0) is 23.6. The standard InChI is InChI=1S/C24H26N4O4S/c1-24(2,3)32-23(29)27-13-7-10-20(27)22-25-15-18(26-22)16-11-12-19(28(30)31)21(14-16)33-17-8-5-4-6-9-17/h4-6,8-9,11-12,14-15,20H,7,10,13H2,1-3H3,(H,25,26)/t20-/m0/s1. The number of imidazole rings is 1. The van der Waals surface area contributed by atoms with Gasteiger partial charge in [-0.1, -0.05) is 30.0 Å². The van der Waals surface area contributed by atoms with Gasteiger partial charge in [-0.2, -0.15) is 0 Å². The molecule has 0 bridgehead atoms. The molecule has 0 saturated carbocycles. The molecule has 0 spiro atoms. The van der Waals surface area contributed by atoms with E-state index in [-0.39, 0.29) is 22.7 Å². The average Bonchev–Trinajstić information content (AvgIpc) is 3.43. The number of nitro benzene ring substituents is 1. The van der Waals surface area contributed by atoms with Crippen molar-refractivity contribution in [2.24, 2.45) is 0 Å². The average molecular weight is 467 g/mol. The van der Waals surface area contributed by atoms with Gasteiger partial charge in [0.15, 0.2) is 0 Å². The summed E-state index contributed by atoms with van der Waals surface area (Å²) in [6.45, 7) is 6.16. The van der Waals surface area contributed by atoms with Crippen LogP contribution in [0.3, 0.4) is 0 Å². The molecule has 1 saturated heterocycles. The van der Waals surface area contributed by atoms with E-state index in [1.165, 1.54) is 17.8 Å². The van der Waals surface area contributed by atoms with E-state index in [1.807, 2.05) is 51.1 Å². The quantitative estimate of drug-likeness (QED) is 0.354. The van der Waals surface area contributed by atoms with Crippen LogP contribution in [0.25, 0.3) is 11.3 Å². The number of nitro groups is 1. The Morgan fingerprint density at radius 2 is 2.00 bits per heavy atom. The third-order valence-electron chi connectivity index (χ3n) is 5.23. The lowest BCUT2D eigenvalue weighted by Gasteiger charge is -2.27. The fourth-order valence-corrected chi connectivity index (χ4v) is 4.75. The molecule has 8 nitrogen and oxygen atoms in total. The van der Waals surface area contributed by atoms with Crippen molar-refractivity contribution in [2.75, 3.05) is 6.54 Å². The highest BCUT2D eigenvalue weighted by Crippen LogP contribution is 2.38. The summed E-state index contributed by atoms with van der Waals surface area (Å²) in [5.41, 5.74) is 1.02. The van der Waals surface area contributed by atoms with E-state index in [9.17, 15) is 14.9 Å². The summed E-state index contributed by atoms with van der Waals surface area (Å²) >= 11 is 1.35. The van der Waals surface area contributed by atoms with Crippen molar-refractivity contribution in [1.82, 2.24) is 14.9 Å². The Balaban J connectivity index is 1.60. The van der Waals surface area contributed by atoms with Gasteiger partial charge in [0.1, 0.15) is 11.4 Å². The van der Waals surface area contributed by atoms with E-state index in [0.29, 0.717) is 17.3 Å². The fraction of sp³-hybridized carbons (Fsp3) is 0.333. The zero-order valence-electron chi connectivity index (χ0n) is 18.8. The minimum atomic E-state index is -0.565. The third kappa shape index (κ3) is 5.36. The van der Waals surface area contributed by atoms with Crippen molar-refractivity contribution in [3.63, 3.8) is 0 Å². The molecule has 1 N–H and O–H groups in total. The lowest BCUT2D eigenvalue weighted by molar-refractivity contribution is -0.387. The number of ether oxygens (including phenoxy) is 1. The first-order valence-electron chi connectivity index (χ1n) is 10.8. The highest BCUT2D eigenvalue weighted by Gasteiger charge is 2.34. The van der Waals surface area contributed by atoms with Crippen molar-refractivity contribution in [2.45, 2.75) is 55.0 Å². The number of rotatable bonds is 5. The number of hydrogen-bond acceptors (Lipinski definition) is 6. The molecule has 1 aliphatic rings. The van der Waals surface area contributed by atoms with Crippen LogP contribution in [0, 0.1) is 10.1 Å². The van der Waals surface area contributed by atoms with Gasteiger partial charge < -0.3 is 9.72 Å². The fourth-order valence-electron chi connectivity index (χ4n) is 3.77. The summed E-state index contributed by atoms with van der Waals surface area (Å²) in [4.78, 5) is 34.9. The maximum atomic E-state index is 12.6. The molecule has 172 valence electrons. The minimum absolute atomic E-state index is 0.0548. The molecule has 9 heteroatoms. The number of amides is 1. The zero-order valence-corrected chi connectivity index (χ0v) is 19.6. The van der Waals surface area contributed by atoms with Gasteiger partial charge in [0.2, 0.25) is 0 Å². The van der Waals surface area contributed by atoms with Gasteiger partial charge in [-0.25, -0.2) is 9.78 Å². The predicted molar refractivity (Wildman–Crippen MR) is 126 cm³/mol. The van der Waals surface area contributed by atoms with Gasteiger partial charge >= 0.3 is 6.09 Å². The normalized spacial score (nSPS) is 16.1. The van der Waals surface area contributed by atoms with Gasteiger partial charge in [0, 0.05) is 23.1 Å². The van der Waals surface area contributed by atoms with Gasteiger partial charge in [-0.15, -0.1) is 0 Å². The molecule has 1 aliphatic heterocycles. The van der Waals surface area contributed by atoms with E-state index >= 15 is 0 Å². The van der Waals surface area contributed by atoms with E-state index < -0.39 is 5.60 Å². The van der Waals surface area contributed by atoms with Crippen molar-refractivity contribution in [1.29, 1.82) is 0 Å². The van der Waals surface area contributed by atoms with Crippen LogP contribution < -0.4 is 0 Å². The Labute approximate surface area is 196 Å². The summed E-state index contributed by atoms with van der Waals surface area (Å²) in [5, 5.41) is 11.6. The van der Waals surface area contributed by atoms with Gasteiger partial charge in [-0.05, 0) is 57.9 Å². The summed E-state index contributed by atoms with van der Waals surface area (Å²) in [6.07, 6.45) is 3.02. The first-order chi connectivity index (χ1) is 15.7. The van der Waals surface area contributed by atoms with Crippen molar-refractivity contribution in [3.8, 4) is 11.3 Å². The van der Waals surface area contributed by atoms with Crippen LogP contribution in [0.4, 0.5) is 10.5 Å². The topological polar surface area (TPSA) is 101 Å². The van der Waals surface area contributed by atoms with Crippen LogP contribution in [0.2, 0.25) is 0 Å². The number of nitrogens with one attached hydrogen (secondary N) is 1. The highest BCUT2D eigenvalue weighted by atomic mass is 32.2. The molecule has 1 aromatic heterocycles. The van der Waals surface area contributed by atoms with Crippen LogP contribution in [0.1, 0.15) is 45.5 Å². The van der Waals surface area contributed by atoms with Crippen molar-refractivity contribution < 1.29 is 14.5 Å². The van der Waals surface area contributed by atoms with Crippen molar-refractivity contribution >= 4 is 23.5 Å². The molecule has 0 radical (unpaired) electrons. The summed E-state index contributed by atoms with van der Waals surface area (Å²) in [5.74, 6) is 0.684. The lowest BCUT2D eigenvalue weighted by atomic mass is 10.1. The van der Waals surface area contributed by atoms with Crippen LogP contribution in [-0.2, 0) is 4.74 Å². The Kier molecular flexibility index (Phi) is 6.42. The molecule has 4 rings (SSSR count). The number of aromatic amines is 1. The van der Waals surface area contributed by atoms with Crippen molar-refractivity contribution in [3.05, 3.63) is 70.7 Å². The molecule has 0 unspecified atom stereocenters. The van der Waals surface area contributed by atoms with Gasteiger partial charge in [0.05, 0.1) is 27.8 Å². The Morgan fingerprint density at radius 3 is 2.70 bits per heavy atom. The second kappa shape index (κ2) is 9.27. The van der Waals surface area contributed by atoms with Crippen LogP contribution in [0.5, 0.6) is 0 Å². The van der Waals surface area contributed by atoms with Crippen LogP contribution in [-0.4, -0.2) is 38.0 Å². The smallest absolute Gasteiger partial charge is 0.410 e. The number of hydrogen-bond donors (Lipinski definition) is 1. The van der Waals surface area contributed by atoms with Crippen LogP contribution in [0.15, 0.2) is 64.5 Å². The molecule has 1 atom stereocenters.